The van der Waals surface area contributed by atoms with Gasteiger partial charge in [-0.2, -0.15) is 0 Å². The van der Waals surface area contributed by atoms with Crippen molar-refractivity contribution in [3.8, 4) is 16.9 Å². The summed E-state index contributed by atoms with van der Waals surface area (Å²) >= 11 is 0. The molecule has 5 heteroatoms. The lowest BCUT2D eigenvalue weighted by atomic mass is 10.1. The molecule has 0 aliphatic carbocycles. The topological polar surface area (TPSA) is 67.0 Å². The highest BCUT2D eigenvalue weighted by atomic mass is 16.5. The first-order chi connectivity index (χ1) is 11.3. The van der Waals surface area contributed by atoms with Gasteiger partial charge >= 0.3 is 0 Å². The molecule has 3 aromatic rings. The van der Waals surface area contributed by atoms with E-state index in [1.54, 1.807) is 18.6 Å². The minimum Gasteiger partial charge on any atom is -0.493 e. The maximum Gasteiger partial charge on any atom is 0.271 e. The normalized spacial score (nSPS) is 12.5. The van der Waals surface area contributed by atoms with Gasteiger partial charge < -0.3 is 15.0 Å². The summed E-state index contributed by atoms with van der Waals surface area (Å²) in [7, 11) is 0. The second-order valence-corrected chi connectivity index (χ2v) is 5.41. The van der Waals surface area contributed by atoms with E-state index < -0.39 is 0 Å². The molecular weight excluding hydrogens is 290 g/mol. The third kappa shape index (κ3) is 2.68. The Morgan fingerprint density at radius 2 is 1.96 bits per heavy atom. The molecule has 0 saturated carbocycles. The smallest absolute Gasteiger partial charge is 0.271 e. The zero-order valence-electron chi connectivity index (χ0n) is 12.4. The number of anilines is 2. The van der Waals surface area contributed by atoms with Gasteiger partial charge in [-0.15, -0.1) is 0 Å². The monoisotopic (exact) mass is 305 g/mol. The maximum absolute atomic E-state index is 12.1. The molecule has 114 valence electrons. The first-order valence-corrected chi connectivity index (χ1v) is 7.45. The highest BCUT2D eigenvalue weighted by Gasteiger charge is 2.12. The van der Waals surface area contributed by atoms with E-state index in [-0.39, 0.29) is 5.56 Å². The lowest BCUT2D eigenvalue weighted by Crippen LogP contribution is -2.11. The number of benzene rings is 1. The Balaban J connectivity index is 1.67. The number of H-pyrrole nitrogens is 1. The summed E-state index contributed by atoms with van der Waals surface area (Å²) in [5.41, 5.74) is 4.33. The van der Waals surface area contributed by atoms with Crippen molar-refractivity contribution in [2.24, 2.45) is 0 Å². The standard InChI is InChI=1S/C18H15N3O2/c22-18-16(10-14(11-20-18)12-3-6-19-7-4-12)21-15-1-2-17-13(9-15)5-8-23-17/h1-4,6-7,9-11,21H,5,8H2,(H,20,22). The molecule has 5 nitrogen and oxygen atoms in total. The van der Waals surface area contributed by atoms with E-state index >= 15 is 0 Å². The van der Waals surface area contributed by atoms with Gasteiger partial charge in [0.05, 0.1) is 6.61 Å². The van der Waals surface area contributed by atoms with Crippen LogP contribution in [0, 0.1) is 0 Å². The van der Waals surface area contributed by atoms with Crippen molar-refractivity contribution >= 4 is 11.4 Å². The van der Waals surface area contributed by atoms with Crippen molar-refractivity contribution in [1.82, 2.24) is 9.97 Å². The largest absolute Gasteiger partial charge is 0.493 e. The van der Waals surface area contributed by atoms with E-state index in [2.05, 4.69) is 15.3 Å². The number of hydrogen-bond acceptors (Lipinski definition) is 4. The molecule has 0 radical (unpaired) electrons. The molecule has 0 atom stereocenters. The maximum atomic E-state index is 12.1. The number of nitrogens with one attached hydrogen (secondary N) is 2. The number of nitrogens with zero attached hydrogens (tertiary/aromatic N) is 1. The lowest BCUT2D eigenvalue weighted by molar-refractivity contribution is 0.357. The van der Waals surface area contributed by atoms with Crippen LogP contribution in [0.15, 0.2) is 59.8 Å². The van der Waals surface area contributed by atoms with Crippen molar-refractivity contribution in [1.29, 1.82) is 0 Å². The molecule has 1 aliphatic rings. The first-order valence-electron chi connectivity index (χ1n) is 7.45. The molecule has 4 rings (SSSR count). The van der Waals surface area contributed by atoms with Gasteiger partial charge in [-0.25, -0.2) is 0 Å². The minimum atomic E-state index is -0.153. The summed E-state index contributed by atoms with van der Waals surface area (Å²) in [5.74, 6) is 0.926. The van der Waals surface area contributed by atoms with Crippen LogP contribution in [0.2, 0.25) is 0 Å². The second kappa shape index (κ2) is 5.61. The Morgan fingerprint density at radius 3 is 2.83 bits per heavy atom. The molecular formula is C18H15N3O2. The molecule has 23 heavy (non-hydrogen) atoms. The third-order valence-electron chi connectivity index (χ3n) is 3.89. The number of hydrogen-bond donors (Lipinski definition) is 2. The number of fused-ring (bicyclic) bond motifs is 1. The van der Waals surface area contributed by atoms with Gasteiger partial charge in [0.2, 0.25) is 0 Å². The van der Waals surface area contributed by atoms with E-state index in [4.69, 9.17) is 4.74 Å². The van der Waals surface area contributed by atoms with Gasteiger partial charge in [0.25, 0.3) is 5.56 Å². The molecule has 1 aliphatic heterocycles. The predicted octanol–water partition coefficient (Wildman–Crippen LogP) is 3.12. The number of pyridine rings is 2. The SMILES string of the molecule is O=c1[nH]cc(-c2ccncc2)cc1Nc1ccc2c(c1)CCO2. The molecule has 1 aromatic carbocycles. The molecule has 0 saturated heterocycles. The van der Waals surface area contributed by atoms with E-state index in [0.29, 0.717) is 5.69 Å². The molecule has 0 fully saturated rings. The van der Waals surface area contributed by atoms with Crippen LogP contribution >= 0.6 is 0 Å². The molecule has 2 aromatic heterocycles. The van der Waals surface area contributed by atoms with Crippen LogP contribution in [0.1, 0.15) is 5.56 Å². The highest BCUT2D eigenvalue weighted by molar-refractivity contribution is 5.69. The van der Waals surface area contributed by atoms with Crippen LogP contribution < -0.4 is 15.6 Å². The number of rotatable bonds is 3. The summed E-state index contributed by atoms with van der Waals surface area (Å²) in [6.45, 7) is 0.719. The van der Waals surface area contributed by atoms with Crippen molar-refractivity contribution in [2.75, 3.05) is 11.9 Å². The lowest BCUT2D eigenvalue weighted by Gasteiger charge is -2.09. The molecule has 0 bridgehead atoms. The van der Waals surface area contributed by atoms with Crippen LogP contribution in [-0.4, -0.2) is 16.6 Å². The first kappa shape index (κ1) is 13.6. The second-order valence-electron chi connectivity index (χ2n) is 5.41. The van der Waals surface area contributed by atoms with E-state index in [0.717, 1.165) is 41.2 Å². The van der Waals surface area contributed by atoms with E-state index in [9.17, 15) is 4.79 Å². The Morgan fingerprint density at radius 1 is 1.09 bits per heavy atom. The summed E-state index contributed by atoms with van der Waals surface area (Å²) in [5, 5.41) is 3.20. The van der Waals surface area contributed by atoms with Gasteiger partial charge in [-0.1, -0.05) is 0 Å². The van der Waals surface area contributed by atoms with Gasteiger partial charge in [-0.3, -0.25) is 9.78 Å². The summed E-state index contributed by atoms with van der Waals surface area (Å²) in [6, 6.07) is 11.5. The van der Waals surface area contributed by atoms with Gasteiger partial charge in [0.15, 0.2) is 0 Å². The molecule has 2 N–H and O–H groups in total. The Bertz CT molecular complexity index is 904. The summed E-state index contributed by atoms with van der Waals surface area (Å²) in [4.78, 5) is 18.9. The van der Waals surface area contributed by atoms with Crippen molar-refractivity contribution in [3.63, 3.8) is 0 Å². The number of ether oxygens (including phenoxy) is 1. The summed E-state index contributed by atoms with van der Waals surface area (Å²) < 4.78 is 5.50. The molecule has 0 spiro atoms. The zero-order valence-corrected chi connectivity index (χ0v) is 12.4. The fraction of sp³-hybridized carbons (Fsp3) is 0.111. The van der Waals surface area contributed by atoms with Gasteiger partial charge in [0.1, 0.15) is 11.4 Å². The van der Waals surface area contributed by atoms with Crippen molar-refractivity contribution in [3.05, 3.63) is 70.9 Å². The average Bonchev–Trinajstić information content (AvgIpc) is 3.05. The van der Waals surface area contributed by atoms with Crippen molar-refractivity contribution in [2.45, 2.75) is 6.42 Å². The van der Waals surface area contributed by atoms with Crippen LogP contribution in [0.25, 0.3) is 11.1 Å². The van der Waals surface area contributed by atoms with Crippen molar-refractivity contribution < 1.29 is 4.74 Å². The van der Waals surface area contributed by atoms with Gasteiger partial charge in [-0.05, 0) is 47.5 Å². The van der Waals surface area contributed by atoms with Crippen LogP contribution in [0.3, 0.4) is 0 Å². The van der Waals surface area contributed by atoms with Crippen LogP contribution in [0.5, 0.6) is 5.75 Å². The van der Waals surface area contributed by atoms with E-state index in [1.807, 2.05) is 36.4 Å². The van der Waals surface area contributed by atoms with E-state index in [1.165, 1.54) is 0 Å². The quantitative estimate of drug-likeness (QED) is 0.780. The molecule has 3 heterocycles. The summed E-state index contributed by atoms with van der Waals surface area (Å²) in [6.07, 6.45) is 6.07. The Hall–Kier alpha value is -3.08. The Kier molecular flexibility index (Phi) is 3.31. The fourth-order valence-electron chi connectivity index (χ4n) is 2.71. The number of aromatic nitrogens is 2. The number of aromatic amines is 1. The van der Waals surface area contributed by atoms with Crippen LogP contribution in [0.4, 0.5) is 11.4 Å². The predicted molar refractivity (Wildman–Crippen MR) is 89.2 cm³/mol. The molecule has 0 amide bonds. The highest BCUT2D eigenvalue weighted by Crippen LogP contribution is 2.29. The average molecular weight is 305 g/mol. The minimum absolute atomic E-state index is 0.153. The van der Waals surface area contributed by atoms with Gasteiger partial charge in [0, 0.05) is 36.3 Å². The fourth-order valence-corrected chi connectivity index (χ4v) is 2.71. The Labute approximate surface area is 133 Å². The van der Waals surface area contributed by atoms with Crippen LogP contribution in [-0.2, 0) is 6.42 Å². The molecule has 0 unspecified atom stereocenters. The third-order valence-corrected chi connectivity index (χ3v) is 3.89. The zero-order chi connectivity index (χ0) is 15.6.